The lowest BCUT2D eigenvalue weighted by molar-refractivity contribution is -0.118. The van der Waals surface area contributed by atoms with Gasteiger partial charge in [-0.1, -0.05) is 6.07 Å². The number of ether oxygens (including phenoxy) is 2. The summed E-state index contributed by atoms with van der Waals surface area (Å²) >= 11 is 5.45. The fourth-order valence-electron chi connectivity index (χ4n) is 2.75. The van der Waals surface area contributed by atoms with Crippen molar-refractivity contribution in [2.24, 2.45) is 12.8 Å². The first kappa shape index (κ1) is 20.9. The zero-order valence-corrected chi connectivity index (χ0v) is 17.1. The molecule has 148 valence electrons. The van der Waals surface area contributed by atoms with E-state index < -0.39 is 0 Å². The Hall–Kier alpha value is -2.39. The molecule has 2 N–H and O–H groups in total. The van der Waals surface area contributed by atoms with E-state index in [1.165, 1.54) is 0 Å². The Kier molecular flexibility index (Phi) is 7.37. The molecule has 27 heavy (non-hydrogen) atoms. The summed E-state index contributed by atoms with van der Waals surface area (Å²) in [5.74, 6) is 1.84. The number of benzene rings is 1. The van der Waals surface area contributed by atoms with Gasteiger partial charge in [-0.05, 0) is 43.9 Å². The van der Waals surface area contributed by atoms with Gasteiger partial charge in [0.25, 0.3) is 0 Å². The van der Waals surface area contributed by atoms with Gasteiger partial charge in [0.15, 0.2) is 16.3 Å². The van der Waals surface area contributed by atoms with Crippen molar-refractivity contribution in [2.75, 3.05) is 20.8 Å². The summed E-state index contributed by atoms with van der Waals surface area (Å²) in [6.45, 7) is 3.75. The number of amides is 1. The van der Waals surface area contributed by atoms with Crippen molar-refractivity contribution in [1.82, 2.24) is 19.2 Å². The molecule has 0 aliphatic carbocycles. The van der Waals surface area contributed by atoms with Gasteiger partial charge in [-0.15, -0.1) is 0 Å². The third kappa shape index (κ3) is 5.54. The van der Waals surface area contributed by atoms with Crippen LogP contribution in [0.15, 0.2) is 18.2 Å². The van der Waals surface area contributed by atoms with Gasteiger partial charge in [-0.25, -0.2) is 4.68 Å². The van der Waals surface area contributed by atoms with Crippen LogP contribution >= 0.6 is 12.2 Å². The minimum atomic E-state index is -0.350. The molecule has 2 aromatic rings. The van der Waals surface area contributed by atoms with Crippen molar-refractivity contribution in [3.63, 3.8) is 0 Å². The van der Waals surface area contributed by atoms with Crippen LogP contribution in [-0.4, -0.2) is 45.9 Å². The number of carbonyl (C=O) groups is 1. The van der Waals surface area contributed by atoms with E-state index in [2.05, 4.69) is 10.00 Å². The van der Waals surface area contributed by atoms with E-state index in [0.717, 1.165) is 17.1 Å². The lowest BCUT2D eigenvalue weighted by Gasteiger charge is -2.18. The molecular formula is C18H27N5O3S. The molecule has 0 fully saturated rings. The summed E-state index contributed by atoms with van der Waals surface area (Å²) in [6, 6.07) is 5.90. The Balaban J connectivity index is 2.07. The smallest absolute Gasteiger partial charge is 0.217 e. The first-order valence-corrected chi connectivity index (χ1v) is 9.15. The van der Waals surface area contributed by atoms with Gasteiger partial charge in [0.2, 0.25) is 5.91 Å². The Bertz CT molecular complexity index is 846. The molecule has 8 nitrogen and oxygen atoms in total. The van der Waals surface area contributed by atoms with E-state index in [9.17, 15) is 4.79 Å². The third-order valence-corrected chi connectivity index (χ3v) is 4.57. The number of primary amides is 1. The molecule has 9 heteroatoms. The van der Waals surface area contributed by atoms with Crippen LogP contribution in [0, 0.1) is 4.77 Å². The number of rotatable bonds is 10. The Morgan fingerprint density at radius 3 is 2.74 bits per heavy atom. The first-order chi connectivity index (χ1) is 12.8. The number of hydrogen-bond acceptors (Lipinski definition) is 6. The van der Waals surface area contributed by atoms with E-state index in [-0.39, 0.29) is 12.3 Å². The van der Waals surface area contributed by atoms with Crippen LogP contribution < -0.4 is 15.2 Å². The van der Waals surface area contributed by atoms with Crippen LogP contribution in [0.2, 0.25) is 0 Å². The standard InChI is InChI=1S/C18H27N5O3S/c1-5-26-14-7-6-13(10-15(14)25-4)11-21(2)12-23-18(27)22(3)17(20-23)9-8-16(19)24/h6-7,10H,5,8-9,11-12H2,1-4H3,(H2,19,24). The molecule has 0 bridgehead atoms. The van der Waals surface area contributed by atoms with Crippen LogP contribution in [0.25, 0.3) is 0 Å². The maximum Gasteiger partial charge on any atom is 0.217 e. The Morgan fingerprint density at radius 2 is 2.11 bits per heavy atom. The topological polar surface area (TPSA) is 87.5 Å². The van der Waals surface area contributed by atoms with Gasteiger partial charge >= 0.3 is 0 Å². The lowest BCUT2D eigenvalue weighted by Crippen LogP contribution is -2.22. The summed E-state index contributed by atoms with van der Waals surface area (Å²) in [5.41, 5.74) is 6.31. The number of aryl methyl sites for hydroxylation is 1. The normalized spacial score (nSPS) is 11.0. The lowest BCUT2D eigenvalue weighted by atomic mass is 10.2. The third-order valence-electron chi connectivity index (χ3n) is 4.08. The van der Waals surface area contributed by atoms with Crippen molar-refractivity contribution in [1.29, 1.82) is 0 Å². The number of hydrogen-bond donors (Lipinski definition) is 1. The molecule has 0 saturated carbocycles. The Morgan fingerprint density at radius 1 is 1.37 bits per heavy atom. The molecule has 1 aromatic carbocycles. The van der Waals surface area contributed by atoms with E-state index in [1.807, 2.05) is 43.8 Å². The van der Waals surface area contributed by atoms with Gasteiger partial charge in [-0.3, -0.25) is 9.69 Å². The molecule has 2 rings (SSSR count). The van der Waals surface area contributed by atoms with Crippen LogP contribution in [0.4, 0.5) is 0 Å². The average molecular weight is 394 g/mol. The SMILES string of the molecule is CCOc1ccc(CN(C)Cn2nc(CCC(N)=O)n(C)c2=S)cc1OC. The van der Waals surface area contributed by atoms with Crippen LogP contribution in [0.1, 0.15) is 24.7 Å². The zero-order chi connectivity index (χ0) is 20.0. The van der Waals surface area contributed by atoms with E-state index in [0.29, 0.717) is 36.8 Å². The number of nitrogens with zero attached hydrogens (tertiary/aromatic N) is 4. The second-order valence-corrected chi connectivity index (χ2v) is 6.66. The maximum absolute atomic E-state index is 11.0. The van der Waals surface area contributed by atoms with E-state index in [4.69, 9.17) is 27.4 Å². The molecule has 0 aliphatic rings. The van der Waals surface area contributed by atoms with Crippen LogP contribution in [-0.2, 0) is 31.5 Å². The fourth-order valence-corrected chi connectivity index (χ4v) is 2.96. The van der Waals surface area contributed by atoms with Crippen molar-refractivity contribution in [3.05, 3.63) is 34.4 Å². The summed E-state index contributed by atoms with van der Waals surface area (Å²) in [4.78, 5) is 13.1. The van der Waals surface area contributed by atoms with E-state index >= 15 is 0 Å². The second kappa shape index (κ2) is 9.52. The molecule has 0 unspecified atom stereocenters. The quantitative estimate of drug-likeness (QED) is 0.620. The summed E-state index contributed by atoms with van der Waals surface area (Å²) in [6.07, 6.45) is 0.726. The van der Waals surface area contributed by atoms with Gasteiger partial charge < -0.3 is 19.8 Å². The summed E-state index contributed by atoms with van der Waals surface area (Å²) < 4.78 is 15.1. The van der Waals surface area contributed by atoms with Crippen molar-refractivity contribution in [3.8, 4) is 11.5 Å². The number of methoxy groups -OCH3 is 1. The highest BCUT2D eigenvalue weighted by Crippen LogP contribution is 2.28. The zero-order valence-electron chi connectivity index (χ0n) is 16.3. The first-order valence-electron chi connectivity index (χ1n) is 8.75. The number of carbonyl (C=O) groups excluding carboxylic acids is 1. The van der Waals surface area contributed by atoms with Gasteiger partial charge in [0, 0.05) is 26.4 Å². The number of aromatic nitrogens is 3. The summed E-state index contributed by atoms with van der Waals surface area (Å²) in [5, 5.41) is 4.52. The average Bonchev–Trinajstić information content (AvgIpc) is 2.89. The predicted molar refractivity (Wildman–Crippen MR) is 105 cm³/mol. The minimum Gasteiger partial charge on any atom is -0.493 e. The van der Waals surface area contributed by atoms with Crippen LogP contribution in [0.5, 0.6) is 11.5 Å². The summed E-state index contributed by atoms with van der Waals surface area (Å²) in [7, 11) is 5.47. The highest BCUT2D eigenvalue weighted by Gasteiger charge is 2.12. The van der Waals surface area contributed by atoms with Gasteiger partial charge in [0.05, 0.1) is 20.4 Å². The highest BCUT2D eigenvalue weighted by molar-refractivity contribution is 7.71. The monoisotopic (exact) mass is 393 g/mol. The number of nitrogens with two attached hydrogens (primary N) is 1. The van der Waals surface area contributed by atoms with Crippen molar-refractivity contribution < 1.29 is 14.3 Å². The van der Waals surface area contributed by atoms with Crippen molar-refractivity contribution in [2.45, 2.75) is 33.0 Å². The van der Waals surface area contributed by atoms with Gasteiger partial charge in [0.1, 0.15) is 5.82 Å². The Labute approximate surface area is 164 Å². The molecular weight excluding hydrogens is 366 g/mol. The van der Waals surface area contributed by atoms with Gasteiger partial charge in [-0.2, -0.15) is 5.10 Å². The highest BCUT2D eigenvalue weighted by atomic mass is 32.1. The molecule has 0 radical (unpaired) electrons. The van der Waals surface area contributed by atoms with Crippen LogP contribution in [0.3, 0.4) is 0 Å². The molecule has 0 saturated heterocycles. The molecule has 0 spiro atoms. The molecule has 1 heterocycles. The molecule has 0 aliphatic heterocycles. The predicted octanol–water partition coefficient (Wildman–Crippen LogP) is 1.87. The molecule has 1 amide bonds. The van der Waals surface area contributed by atoms with Crippen molar-refractivity contribution >= 4 is 18.1 Å². The minimum absolute atomic E-state index is 0.251. The molecule has 0 atom stereocenters. The molecule has 1 aromatic heterocycles. The fraction of sp³-hybridized carbons (Fsp3) is 0.500. The largest absolute Gasteiger partial charge is 0.493 e. The van der Waals surface area contributed by atoms with E-state index in [1.54, 1.807) is 11.8 Å². The second-order valence-electron chi connectivity index (χ2n) is 6.30. The maximum atomic E-state index is 11.0.